The van der Waals surface area contributed by atoms with E-state index in [0.29, 0.717) is 42.0 Å². The number of carbonyl (C=O) groups excluding carboxylic acids is 1. The second kappa shape index (κ2) is 7.52. The second-order valence-corrected chi connectivity index (χ2v) is 7.38. The Morgan fingerprint density at radius 2 is 1.88 bits per heavy atom. The molecule has 0 radical (unpaired) electrons. The van der Waals surface area contributed by atoms with Gasteiger partial charge in [0.05, 0.1) is 0 Å². The Balaban J connectivity index is 1.73. The first-order valence-electron chi connectivity index (χ1n) is 8.07. The number of halogens is 3. The van der Waals surface area contributed by atoms with Gasteiger partial charge in [-0.3, -0.25) is 4.79 Å². The van der Waals surface area contributed by atoms with E-state index in [9.17, 15) is 18.0 Å². The zero-order valence-corrected chi connectivity index (χ0v) is 14.6. The summed E-state index contributed by atoms with van der Waals surface area (Å²) in [5.74, 6) is -0.932. The summed E-state index contributed by atoms with van der Waals surface area (Å²) in [5.41, 5.74) is 1.13. The largest absolute Gasteiger partial charge is 0.338 e. The van der Waals surface area contributed by atoms with E-state index in [1.807, 2.05) is 0 Å². The Labute approximate surface area is 149 Å². The highest BCUT2D eigenvalue weighted by Crippen LogP contribution is 2.36. The standard InChI is InChI=1S/C19H18F3NOS/c1-12-2-3-13(10-17(12)22)19(24)23-7-6-18(25-9-8-23)15-11-14(20)4-5-16(15)21/h2-5,10-11,18H,6-9H2,1H3. The maximum atomic E-state index is 14.0. The number of aryl methyl sites for hydroxylation is 1. The van der Waals surface area contributed by atoms with Crippen molar-refractivity contribution >= 4 is 17.7 Å². The number of hydrogen-bond donors (Lipinski definition) is 0. The molecule has 0 bridgehead atoms. The summed E-state index contributed by atoms with van der Waals surface area (Å²) in [5, 5.41) is -0.205. The minimum atomic E-state index is -0.468. The van der Waals surface area contributed by atoms with Crippen molar-refractivity contribution in [1.82, 2.24) is 4.90 Å². The second-order valence-electron chi connectivity index (χ2n) is 6.07. The molecule has 0 spiro atoms. The van der Waals surface area contributed by atoms with E-state index in [1.165, 1.54) is 23.9 Å². The van der Waals surface area contributed by atoms with Gasteiger partial charge in [-0.15, -0.1) is 0 Å². The third-order valence-electron chi connectivity index (χ3n) is 4.35. The summed E-state index contributed by atoms with van der Waals surface area (Å²) in [6, 6.07) is 7.90. The molecule has 2 aromatic carbocycles. The number of thioether (sulfide) groups is 1. The first kappa shape index (κ1) is 17.9. The fourth-order valence-corrected chi connectivity index (χ4v) is 4.13. The molecule has 1 aliphatic heterocycles. The van der Waals surface area contributed by atoms with Crippen LogP contribution in [0.15, 0.2) is 36.4 Å². The summed E-state index contributed by atoms with van der Waals surface area (Å²) >= 11 is 1.51. The van der Waals surface area contributed by atoms with Crippen molar-refractivity contribution in [1.29, 1.82) is 0 Å². The van der Waals surface area contributed by atoms with Gasteiger partial charge in [0.1, 0.15) is 17.5 Å². The molecule has 0 aliphatic carbocycles. The van der Waals surface area contributed by atoms with Crippen molar-refractivity contribution < 1.29 is 18.0 Å². The van der Waals surface area contributed by atoms with Crippen LogP contribution < -0.4 is 0 Å². The van der Waals surface area contributed by atoms with Crippen molar-refractivity contribution in [3.05, 3.63) is 70.5 Å². The van der Waals surface area contributed by atoms with Crippen LogP contribution in [0.2, 0.25) is 0 Å². The molecule has 1 saturated heterocycles. The Morgan fingerprint density at radius 3 is 2.64 bits per heavy atom. The number of amides is 1. The molecule has 0 aromatic heterocycles. The monoisotopic (exact) mass is 365 g/mol. The molecule has 3 rings (SSSR count). The normalized spacial score (nSPS) is 18.1. The summed E-state index contributed by atoms with van der Waals surface area (Å²) in [7, 11) is 0. The average Bonchev–Trinajstić information content (AvgIpc) is 2.85. The van der Waals surface area contributed by atoms with Gasteiger partial charge < -0.3 is 4.90 Å². The van der Waals surface area contributed by atoms with Gasteiger partial charge in [-0.25, -0.2) is 13.2 Å². The van der Waals surface area contributed by atoms with E-state index in [2.05, 4.69) is 0 Å². The topological polar surface area (TPSA) is 20.3 Å². The first-order valence-corrected chi connectivity index (χ1v) is 9.12. The van der Waals surface area contributed by atoms with E-state index < -0.39 is 17.5 Å². The van der Waals surface area contributed by atoms with Crippen molar-refractivity contribution in [3.63, 3.8) is 0 Å². The number of carbonyl (C=O) groups is 1. The average molecular weight is 365 g/mol. The Bertz CT molecular complexity index is 796. The van der Waals surface area contributed by atoms with Gasteiger partial charge in [0.15, 0.2) is 0 Å². The van der Waals surface area contributed by atoms with Crippen molar-refractivity contribution in [3.8, 4) is 0 Å². The van der Waals surface area contributed by atoms with Crippen LogP contribution in [0.25, 0.3) is 0 Å². The highest BCUT2D eigenvalue weighted by atomic mass is 32.2. The summed E-state index contributed by atoms with van der Waals surface area (Å²) in [6.07, 6.45) is 0.519. The molecule has 2 nitrogen and oxygen atoms in total. The minimum absolute atomic E-state index is 0.205. The van der Waals surface area contributed by atoms with Crippen LogP contribution in [-0.2, 0) is 0 Å². The van der Waals surface area contributed by atoms with Gasteiger partial charge in [0.25, 0.3) is 5.91 Å². The van der Waals surface area contributed by atoms with Crippen LogP contribution in [0, 0.1) is 24.4 Å². The molecule has 1 aliphatic rings. The van der Waals surface area contributed by atoms with Gasteiger partial charge in [-0.05, 0) is 49.2 Å². The first-order chi connectivity index (χ1) is 12.0. The van der Waals surface area contributed by atoms with E-state index >= 15 is 0 Å². The van der Waals surface area contributed by atoms with Crippen molar-refractivity contribution in [2.75, 3.05) is 18.8 Å². The molecule has 1 atom stereocenters. The smallest absolute Gasteiger partial charge is 0.253 e. The van der Waals surface area contributed by atoms with Crippen LogP contribution in [0.5, 0.6) is 0 Å². The van der Waals surface area contributed by atoms with Crippen molar-refractivity contribution in [2.45, 2.75) is 18.6 Å². The summed E-state index contributed by atoms with van der Waals surface area (Å²) in [4.78, 5) is 14.2. The molecule has 1 unspecified atom stereocenters. The number of nitrogens with zero attached hydrogens (tertiary/aromatic N) is 1. The SMILES string of the molecule is Cc1ccc(C(=O)N2CCSC(c3cc(F)ccc3F)CC2)cc1F. The molecular formula is C19H18F3NOS. The lowest BCUT2D eigenvalue weighted by atomic mass is 10.1. The fourth-order valence-electron chi connectivity index (χ4n) is 2.89. The Kier molecular flexibility index (Phi) is 5.37. The molecule has 1 heterocycles. The van der Waals surface area contributed by atoms with Crippen molar-refractivity contribution in [2.24, 2.45) is 0 Å². The lowest BCUT2D eigenvalue weighted by Crippen LogP contribution is -2.33. The molecule has 1 amide bonds. The fraction of sp³-hybridized carbons (Fsp3) is 0.316. The third kappa shape index (κ3) is 4.00. The van der Waals surface area contributed by atoms with E-state index in [1.54, 1.807) is 24.0 Å². The summed E-state index contributed by atoms with van der Waals surface area (Å²) < 4.78 is 41.1. The van der Waals surface area contributed by atoms with Crippen LogP contribution in [0.1, 0.15) is 33.2 Å². The number of benzene rings is 2. The number of rotatable bonds is 2. The highest BCUT2D eigenvalue weighted by molar-refractivity contribution is 7.99. The zero-order valence-electron chi connectivity index (χ0n) is 13.8. The van der Waals surface area contributed by atoms with Gasteiger partial charge in [0.2, 0.25) is 0 Å². The molecule has 1 fully saturated rings. The van der Waals surface area contributed by atoms with E-state index in [0.717, 1.165) is 12.1 Å². The van der Waals surface area contributed by atoms with Gasteiger partial charge in [-0.1, -0.05) is 6.07 Å². The lowest BCUT2D eigenvalue weighted by Gasteiger charge is -2.20. The minimum Gasteiger partial charge on any atom is -0.338 e. The zero-order chi connectivity index (χ0) is 18.0. The molecule has 25 heavy (non-hydrogen) atoms. The predicted molar refractivity (Wildman–Crippen MR) is 93.2 cm³/mol. The molecule has 132 valence electrons. The van der Waals surface area contributed by atoms with Crippen LogP contribution in [0.4, 0.5) is 13.2 Å². The van der Waals surface area contributed by atoms with Crippen LogP contribution in [0.3, 0.4) is 0 Å². The molecule has 0 N–H and O–H groups in total. The Morgan fingerprint density at radius 1 is 1.08 bits per heavy atom. The van der Waals surface area contributed by atoms with Crippen LogP contribution >= 0.6 is 11.8 Å². The maximum absolute atomic E-state index is 14.0. The molecule has 0 saturated carbocycles. The maximum Gasteiger partial charge on any atom is 0.253 e. The van der Waals surface area contributed by atoms with Crippen LogP contribution in [-0.4, -0.2) is 29.6 Å². The molecular weight excluding hydrogens is 347 g/mol. The molecule has 6 heteroatoms. The van der Waals surface area contributed by atoms with Gasteiger partial charge in [0, 0.05) is 35.2 Å². The van der Waals surface area contributed by atoms with Gasteiger partial charge in [-0.2, -0.15) is 11.8 Å². The van der Waals surface area contributed by atoms with E-state index in [-0.39, 0.29) is 11.2 Å². The number of hydrogen-bond acceptors (Lipinski definition) is 2. The lowest BCUT2D eigenvalue weighted by molar-refractivity contribution is 0.0766. The third-order valence-corrected chi connectivity index (χ3v) is 5.66. The van der Waals surface area contributed by atoms with E-state index in [4.69, 9.17) is 0 Å². The quantitative estimate of drug-likeness (QED) is 0.767. The predicted octanol–water partition coefficient (Wildman–Crippen LogP) is 4.73. The highest BCUT2D eigenvalue weighted by Gasteiger charge is 2.25. The summed E-state index contributed by atoms with van der Waals surface area (Å²) in [6.45, 7) is 2.55. The van der Waals surface area contributed by atoms with Gasteiger partial charge >= 0.3 is 0 Å². The molecule has 2 aromatic rings. The Hall–Kier alpha value is -1.95.